The molecule has 186 valence electrons. The Labute approximate surface area is 211 Å². The Bertz CT molecular complexity index is 958. The second-order valence-electron chi connectivity index (χ2n) is 9.26. The summed E-state index contributed by atoms with van der Waals surface area (Å²) in [6.07, 6.45) is 7.35. The van der Waals surface area contributed by atoms with Gasteiger partial charge in [0.25, 0.3) is 0 Å². The summed E-state index contributed by atoms with van der Waals surface area (Å²) in [4.78, 5) is 14.2. The Morgan fingerprint density at radius 1 is 0.657 bits per heavy atom. The van der Waals surface area contributed by atoms with Gasteiger partial charge in [-0.15, -0.1) is 0 Å². The average Bonchev–Trinajstić information content (AvgIpc) is 2.89. The van der Waals surface area contributed by atoms with E-state index in [2.05, 4.69) is 71.9 Å². The molecule has 0 fully saturated rings. The summed E-state index contributed by atoms with van der Waals surface area (Å²) in [6, 6.07) is 29.5. The van der Waals surface area contributed by atoms with Crippen LogP contribution in [0.1, 0.15) is 47.9 Å². The van der Waals surface area contributed by atoms with Crippen molar-refractivity contribution in [1.82, 2.24) is 10.2 Å². The van der Waals surface area contributed by atoms with Crippen molar-refractivity contribution < 1.29 is 9.53 Å². The van der Waals surface area contributed by atoms with Crippen LogP contribution in [-0.4, -0.2) is 37.7 Å². The molecule has 0 spiro atoms. The number of hydrogen-bond donors (Lipinski definition) is 1. The van der Waals surface area contributed by atoms with E-state index in [-0.39, 0.29) is 6.09 Å². The molecule has 1 amide bonds. The fraction of sp³-hybridized carbons (Fsp3) is 0.387. The number of aryl methyl sites for hydroxylation is 3. The lowest BCUT2D eigenvalue weighted by atomic mass is 10.0. The Hall–Kier alpha value is -3.11. The maximum atomic E-state index is 11.8. The molecule has 0 heterocycles. The molecule has 3 rings (SSSR count). The maximum absolute atomic E-state index is 11.8. The number of benzene rings is 3. The summed E-state index contributed by atoms with van der Waals surface area (Å²) in [6.45, 7) is 3.24. The molecule has 0 aliphatic rings. The summed E-state index contributed by atoms with van der Waals surface area (Å²) in [5, 5.41) is 2.84. The lowest BCUT2D eigenvalue weighted by molar-refractivity contribution is 0.139. The molecule has 0 aromatic heterocycles. The molecule has 4 heteroatoms. The molecule has 3 aromatic carbocycles. The predicted octanol–water partition coefficient (Wildman–Crippen LogP) is 6.43. The van der Waals surface area contributed by atoms with Gasteiger partial charge in [0.05, 0.1) is 0 Å². The summed E-state index contributed by atoms with van der Waals surface area (Å²) in [5.41, 5.74) is 5.20. The van der Waals surface area contributed by atoms with Gasteiger partial charge in [-0.05, 0) is 87.3 Å². The first-order chi connectivity index (χ1) is 17.2. The highest BCUT2D eigenvalue weighted by molar-refractivity contribution is 5.67. The molecule has 0 aliphatic heterocycles. The summed E-state index contributed by atoms with van der Waals surface area (Å²) >= 11 is 0. The van der Waals surface area contributed by atoms with Crippen molar-refractivity contribution in [1.29, 1.82) is 0 Å². The van der Waals surface area contributed by atoms with Gasteiger partial charge in [-0.2, -0.15) is 0 Å². The first-order valence-corrected chi connectivity index (χ1v) is 12.9. The number of ether oxygens (including phenoxy) is 1. The molecule has 0 aliphatic carbocycles. The molecule has 0 saturated carbocycles. The fourth-order valence-electron chi connectivity index (χ4n) is 4.15. The van der Waals surface area contributed by atoms with Gasteiger partial charge < -0.3 is 15.0 Å². The van der Waals surface area contributed by atoms with Crippen LogP contribution in [0, 0.1) is 0 Å². The molecule has 0 radical (unpaired) electrons. The molecule has 35 heavy (non-hydrogen) atoms. The normalized spacial score (nSPS) is 10.9. The number of unbranched alkanes of at least 4 members (excludes halogenated alkanes) is 1. The molecule has 3 aromatic rings. The van der Waals surface area contributed by atoms with Gasteiger partial charge in [-0.3, -0.25) is 0 Å². The van der Waals surface area contributed by atoms with E-state index in [9.17, 15) is 4.79 Å². The van der Waals surface area contributed by atoms with Crippen LogP contribution < -0.4 is 5.32 Å². The van der Waals surface area contributed by atoms with Gasteiger partial charge in [0.2, 0.25) is 0 Å². The highest BCUT2D eigenvalue weighted by Crippen LogP contribution is 2.10. The van der Waals surface area contributed by atoms with E-state index in [1.54, 1.807) is 0 Å². The SMILES string of the molecule is CN(CCCc1ccccc1)CCCc1ccc(CCCCNC(=O)OCc2ccccc2)cc1. The Morgan fingerprint density at radius 2 is 1.14 bits per heavy atom. The Morgan fingerprint density at radius 3 is 1.71 bits per heavy atom. The van der Waals surface area contributed by atoms with Crippen molar-refractivity contribution in [3.8, 4) is 0 Å². The molecule has 4 nitrogen and oxygen atoms in total. The minimum atomic E-state index is -0.347. The molecule has 0 unspecified atom stereocenters. The number of carbonyl (C=O) groups is 1. The molecular weight excluding hydrogens is 432 g/mol. The van der Waals surface area contributed by atoms with Crippen molar-refractivity contribution in [2.45, 2.75) is 51.6 Å². The first-order valence-electron chi connectivity index (χ1n) is 12.9. The van der Waals surface area contributed by atoms with E-state index >= 15 is 0 Å². The highest BCUT2D eigenvalue weighted by atomic mass is 16.5. The van der Waals surface area contributed by atoms with Gasteiger partial charge in [0.15, 0.2) is 0 Å². The average molecular weight is 473 g/mol. The maximum Gasteiger partial charge on any atom is 0.407 e. The number of hydrogen-bond acceptors (Lipinski definition) is 3. The smallest absolute Gasteiger partial charge is 0.407 e. The number of nitrogens with zero attached hydrogens (tertiary/aromatic N) is 1. The molecule has 0 bridgehead atoms. The number of amides is 1. The minimum Gasteiger partial charge on any atom is -0.445 e. The van der Waals surface area contributed by atoms with Crippen LogP contribution in [0.2, 0.25) is 0 Å². The van der Waals surface area contributed by atoms with Gasteiger partial charge >= 0.3 is 6.09 Å². The Kier molecular flexibility index (Phi) is 11.9. The number of rotatable bonds is 15. The van der Waals surface area contributed by atoms with Gasteiger partial charge in [-0.25, -0.2) is 4.79 Å². The first kappa shape index (κ1) is 26.5. The largest absolute Gasteiger partial charge is 0.445 e. The summed E-state index contributed by atoms with van der Waals surface area (Å²) < 4.78 is 5.24. The zero-order valence-corrected chi connectivity index (χ0v) is 21.1. The topological polar surface area (TPSA) is 41.6 Å². The van der Waals surface area contributed by atoms with E-state index < -0.39 is 0 Å². The van der Waals surface area contributed by atoms with Crippen molar-refractivity contribution >= 4 is 6.09 Å². The number of carbonyl (C=O) groups excluding carboxylic acids is 1. The van der Waals surface area contributed by atoms with Gasteiger partial charge in [0, 0.05) is 6.54 Å². The standard InChI is InChI=1S/C31H40N2O2/c1-33(24-10-17-27-12-4-2-5-13-27)25-11-18-29-21-19-28(20-22-29)14-8-9-23-32-31(34)35-26-30-15-6-3-7-16-30/h2-7,12-13,15-16,19-22H,8-11,14,17-18,23-26H2,1H3,(H,32,34). The minimum absolute atomic E-state index is 0.309. The number of alkyl carbamates (subject to hydrolysis) is 1. The second-order valence-corrected chi connectivity index (χ2v) is 9.26. The van der Waals surface area contributed by atoms with E-state index in [0.717, 1.165) is 50.8 Å². The molecular formula is C31H40N2O2. The van der Waals surface area contributed by atoms with Crippen molar-refractivity contribution in [3.63, 3.8) is 0 Å². The zero-order valence-electron chi connectivity index (χ0n) is 21.1. The van der Waals surface area contributed by atoms with E-state index in [1.165, 1.54) is 29.5 Å². The third-order valence-corrected chi connectivity index (χ3v) is 6.25. The van der Waals surface area contributed by atoms with E-state index in [4.69, 9.17) is 4.74 Å². The molecule has 0 atom stereocenters. The third-order valence-electron chi connectivity index (χ3n) is 6.25. The van der Waals surface area contributed by atoms with Crippen molar-refractivity contribution in [2.75, 3.05) is 26.7 Å². The zero-order chi connectivity index (χ0) is 24.6. The lowest BCUT2D eigenvalue weighted by Gasteiger charge is -2.16. The van der Waals surface area contributed by atoms with E-state index in [1.807, 2.05) is 30.3 Å². The predicted molar refractivity (Wildman–Crippen MR) is 145 cm³/mol. The van der Waals surface area contributed by atoms with Crippen LogP contribution in [0.3, 0.4) is 0 Å². The molecule has 0 saturated heterocycles. The molecule has 1 N–H and O–H groups in total. The quantitative estimate of drug-likeness (QED) is 0.259. The fourth-order valence-corrected chi connectivity index (χ4v) is 4.15. The Balaban J connectivity index is 1.20. The number of nitrogens with one attached hydrogen (secondary N) is 1. The summed E-state index contributed by atoms with van der Waals surface area (Å²) in [7, 11) is 2.23. The van der Waals surface area contributed by atoms with Crippen molar-refractivity contribution in [2.24, 2.45) is 0 Å². The second kappa shape index (κ2) is 15.7. The highest BCUT2D eigenvalue weighted by Gasteiger charge is 2.03. The van der Waals surface area contributed by atoms with Crippen LogP contribution in [0.25, 0.3) is 0 Å². The van der Waals surface area contributed by atoms with Crippen LogP contribution in [-0.2, 0) is 30.6 Å². The third kappa shape index (κ3) is 11.2. The van der Waals surface area contributed by atoms with Crippen LogP contribution in [0.4, 0.5) is 4.79 Å². The van der Waals surface area contributed by atoms with E-state index in [0.29, 0.717) is 13.2 Å². The van der Waals surface area contributed by atoms with Crippen LogP contribution in [0.15, 0.2) is 84.9 Å². The van der Waals surface area contributed by atoms with Gasteiger partial charge in [0.1, 0.15) is 6.61 Å². The monoisotopic (exact) mass is 472 g/mol. The van der Waals surface area contributed by atoms with Crippen LogP contribution in [0.5, 0.6) is 0 Å². The lowest BCUT2D eigenvalue weighted by Crippen LogP contribution is -2.25. The van der Waals surface area contributed by atoms with Crippen molar-refractivity contribution in [3.05, 3.63) is 107 Å². The van der Waals surface area contributed by atoms with Crippen LogP contribution >= 0.6 is 0 Å². The summed E-state index contributed by atoms with van der Waals surface area (Å²) in [5.74, 6) is 0. The van der Waals surface area contributed by atoms with Gasteiger partial charge in [-0.1, -0.05) is 84.9 Å².